The van der Waals surface area contributed by atoms with Gasteiger partial charge in [-0.15, -0.1) is 0 Å². The second-order valence-electron chi connectivity index (χ2n) is 16.3. The van der Waals surface area contributed by atoms with Crippen LogP contribution in [0.15, 0.2) is 191 Å². The Labute approximate surface area is 394 Å². The van der Waals surface area contributed by atoms with Crippen LogP contribution in [0.2, 0.25) is 0 Å². The van der Waals surface area contributed by atoms with Crippen LogP contribution in [0.5, 0.6) is 0 Å². The number of hydrogen-bond acceptors (Lipinski definition) is 10. The first-order valence-electron chi connectivity index (χ1n) is 21.6. The highest BCUT2D eigenvalue weighted by Gasteiger charge is 2.63. The molecule has 0 aliphatic carbocycles. The van der Waals surface area contributed by atoms with Gasteiger partial charge in [0.05, 0.1) is 33.3 Å². The summed E-state index contributed by atoms with van der Waals surface area (Å²) in [5.41, 5.74) is -2.13. The van der Waals surface area contributed by atoms with Crippen LogP contribution in [0.3, 0.4) is 0 Å². The molecular weight excluding hydrogens is 905 g/mol. The number of fused-ring (bicyclic) bond motifs is 6. The minimum absolute atomic E-state index is 0.0705. The number of aliphatic hydroxyl groups is 2. The molecule has 0 saturated heterocycles. The second kappa shape index (κ2) is 18.0. The molecular formula is C52H46N4O10S2. The number of carbonyl (C=O) groups is 4. The fourth-order valence-corrected chi connectivity index (χ4v) is 10.8. The molecule has 0 fully saturated rings. The van der Waals surface area contributed by atoms with Crippen molar-refractivity contribution < 1.29 is 46.2 Å². The zero-order valence-electron chi connectivity index (χ0n) is 37.3. The average Bonchev–Trinajstić information content (AvgIpc) is 4.01. The summed E-state index contributed by atoms with van der Waals surface area (Å²) in [7, 11) is -8.59. The maximum atomic E-state index is 13.5. The van der Waals surface area contributed by atoms with Crippen LogP contribution in [0.25, 0.3) is 0 Å². The molecule has 68 heavy (non-hydrogen) atoms. The molecule has 16 heteroatoms. The number of hydrogen-bond donors (Lipinski definition) is 2. The van der Waals surface area contributed by atoms with Gasteiger partial charge in [-0.05, 0) is 50.2 Å². The predicted octanol–water partition coefficient (Wildman–Crippen LogP) is 7.77. The number of aryl methyl sites for hydroxylation is 2. The predicted molar refractivity (Wildman–Crippen MR) is 252 cm³/mol. The number of sulfonamides is 2. The third kappa shape index (κ3) is 7.60. The maximum absolute atomic E-state index is 13.5. The first-order valence-corrected chi connectivity index (χ1v) is 24.5. The molecule has 2 amide bonds. The zero-order chi connectivity index (χ0) is 48.8. The van der Waals surface area contributed by atoms with Crippen molar-refractivity contribution in [2.24, 2.45) is 0 Å². The molecule has 0 aromatic heterocycles. The standard InChI is InChI=1S/2C24H18N2O5S.C4H10/c2*1-16-11-13-18(14-12-16)32(30,31)25-15-21(22(27)17-7-3-2-4-8-17)24(29)20-10-6-5-9-19(20)23(28)26(24)25;1-3-4-2/h2*2-15,29H,1H3;3-4H2,1-2H3/t2*24-;/m10./s1. The van der Waals surface area contributed by atoms with E-state index in [1.165, 1.54) is 61.4 Å². The molecule has 6 aromatic rings. The zero-order valence-corrected chi connectivity index (χ0v) is 39.0. The summed E-state index contributed by atoms with van der Waals surface area (Å²) in [4.78, 5) is 53.1. The smallest absolute Gasteiger partial charge is 0.281 e. The van der Waals surface area contributed by atoms with Gasteiger partial charge in [0.15, 0.2) is 11.6 Å². The summed E-state index contributed by atoms with van der Waals surface area (Å²) >= 11 is 0. The Morgan fingerprint density at radius 1 is 0.471 bits per heavy atom. The minimum Gasteiger partial charge on any atom is -0.362 e. The van der Waals surface area contributed by atoms with Crippen LogP contribution in [0, 0.1) is 13.8 Å². The largest absolute Gasteiger partial charge is 0.362 e. The van der Waals surface area contributed by atoms with Crippen LogP contribution < -0.4 is 0 Å². The number of rotatable bonds is 9. The third-order valence-electron chi connectivity index (χ3n) is 11.9. The molecule has 346 valence electrons. The number of amides is 2. The van der Waals surface area contributed by atoms with Gasteiger partial charge in [0.1, 0.15) is 0 Å². The molecule has 2 N–H and O–H groups in total. The van der Waals surface area contributed by atoms with Crippen LogP contribution in [0.4, 0.5) is 0 Å². The van der Waals surface area contributed by atoms with Gasteiger partial charge in [0.25, 0.3) is 31.9 Å². The quantitative estimate of drug-likeness (QED) is 0.136. The summed E-state index contributed by atoms with van der Waals surface area (Å²) in [6, 6.07) is 41.1. The molecule has 14 nitrogen and oxygen atoms in total. The van der Waals surface area contributed by atoms with Gasteiger partial charge in [-0.25, -0.2) is 0 Å². The van der Waals surface area contributed by atoms with Crippen molar-refractivity contribution in [3.63, 3.8) is 0 Å². The van der Waals surface area contributed by atoms with E-state index in [4.69, 9.17) is 0 Å². The van der Waals surface area contributed by atoms with Gasteiger partial charge in [-0.2, -0.15) is 35.7 Å². The van der Waals surface area contributed by atoms with Gasteiger partial charge in [0.2, 0.25) is 11.4 Å². The average molecular weight is 951 g/mol. The Bertz CT molecular complexity index is 3050. The number of unbranched alkanes of at least 4 members (excludes halogenated alkanes) is 1. The lowest BCUT2D eigenvalue weighted by Crippen LogP contribution is -2.50. The summed E-state index contributed by atoms with van der Waals surface area (Å²) in [5.74, 6) is -2.59. The topological polar surface area (TPSA) is 190 Å². The fourth-order valence-electron chi connectivity index (χ4n) is 8.11. The summed E-state index contributed by atoms with van der Waals surface area (Å²) in [5, 5.41) is 25.0. The van der Waals surface area contributed by atoms with E-state index in [0.717, 1.165) is 33.5 Å². The van der Waals surface area contributed by atoms with E-state index in [1.807, 2.05) is 13.8 Å². The van der Waals surface area contributed by atoms with Crippen LogP contribution >= 0.6 is 0 Å². The molecule has 0 bridgehead atoms. The highest BCUT2D eigenvalue weighted by Crippen LogP contribution is 2.51. The van der Waals surface area contributed by atoms with E-state index < -0.39 is 54.9 Å². The molecule has 0 saturated carbocycles. The minimum atomic E-state index is -4.30. The van der Waals surface area contributed by atoms with Crippen molar-refractivity contribution in [1.82, 2.24) is 18.8 Å². The summed E-state index contributed by atoms with van der Waals surface area (Å²) in [6.07, 6.45) is 4.72. The Balaban J connectivity index is 0.000000171. The Kier molecular flexibility index (Phi) is 12.4. The monoisotopic (exact) mass is 950 g/mol. The third-order valence-corrected chi connectivity index (χ3v) is 15.1. The Morgan fingerprint density at radius 3 is 1.10 bits per heavy atom. The molecule has 10 rings (SSSR count). The number of hydrazine groups is 2. The van der Waals surface area contributed by atoms with E-state index in [0.29, 0.717) is 8.83 Å². The Morgan fingerprint density at radius 2 is 0.779 bits per heavy atom. The lowest BCUT2D eigenvalue weighted by Gasteiger charge is -2.33. The second-order valence-corrected chi connectivity index (χ2v) is 19.9. The van der Waals surface area contributed by atoms with Gasteiger partial charge >= 0.3 is 0 Å². The number of Topliss-reactive ketones (excluding diaryl/α,β-unsaturated/α-hetero) is 2. The SMILES string of the molecule is CCCC.Cc1ccc(S(=O)(=O)N2C=C(C(=O)c3ccccc3)[C@@]3(O)c4ccccc4C(=O)N23)cc1.Cc1ccc(S(=O)(=O)N2C=C(C(=O)c3ccccc3)[C@]3(O)c4ccccc4C(=O)N23)cc1. The number of benzene rings is 6. The van der Waals surface area contributed by atoms with Crippen LogP contribution in [-0.2, 0) is 31.5 Å². The molecule has 0 spiro atoms. The molecule has 0 unspecified atom stereocenters. The van der Waals surface area contributed by atoms with Crippen molar-refractivity contribution in [1.29, 1.82) is 0 Å². The van der Waals surface area contributed by atoms with E-state index >= 15 is 0 Å². The van der Waals surface area contributed by atoms with Gasteiger partial charge < -0.3 is 10.2 Å². The van der Waals surface area contributed by atoms with Gasteiger partial charge in [0, 0.05) is 33.4 Å². The first kappa shape index (κ1) is 47.0. The molecule has 2 atom stereocenters. The molecule has 6 aromatic carbocycles. The molecule has 4 heterocycles. The van der Waals surface area contributed by atoms with Crippen molar-refractivity contribution >= 4 is 43.4 Å². The number of carbonyl (C=O) groups excluding carboxylic acids is 4. The van der Waals surface area contributed by atoms with E-state index in [-0.39, 0.29) is 54.3 Å². The molecule has 4 aliphatic rings. The number of ketones is 2. The first-order chi connectivity index (χ1) is 32.4. The van der Waals surface area contributed by atoms with E-state index in [2.05, 4.69) is 13.8 Å². The lowest BCUT2D eigenvalue weighted by atomic mass is 9.90. The highest BCUT2D eigenvalue weighted by molar-refractivity contribution is 7.89. The molecule has 0 radical (unpaired) electrons. The lowest BCUT2D eigenvalue weighted by molar-refractivity contribution is -0.0885. The fraction of sp³-hybridized carbons (Fsp3) is 0.154. The number of nitrogens with zero attached hydrogens (tertiary/aromatic N) is 4. The van der Waals surface area contributed by atoms with Crippen molar-refractivity contribution in [2.45, 2.75) is 61.8 Å². The van der Waals surface area contributed by atoms with Crippen molar-refractivity contribution in [2.75, 3.05) is 0 Å². The maximum Gasteiger partial charge on any atom is 0.281 e. The van der Waals surface area contributed by atoms with Crippen molar-refractivity contribution in [3.05, 3.63) is 226 Å². The highest BCUT2D eigenvalue weighted by atomic mass is 32.2. The van der Waals surface area contributed by atoms with Crippen LogP contribution in [-0.4, -0.2) is 69.3 Å². The Hall–Kier alpha value is -7.50. The van der Waals surface area contributed by atoms with Crippen LogP contribution in [0.1, 0.15) is 90.4 Å². The summed E-state index contributed by atoms with van der Waals surface area (Å²) in [6.45, 7) is 8.00. The van der Waals surface area contributed by atoms with Crippen molar-refractivity contribution in [3.8, 4) is 0 Å². The molecule has 4 aliphatic heterocycles. The van der Waals surface area contributed by atoms with E-state index in [1.54, 1.807) is 109 Å². The van der Waals surface area contributed by atoms with Gasteiger partial charge in [-0.1, -0.05) is 159 Å². The van der Waals surface area contributed by atoms with E-state index in [9.17, 15) is 46.2 Å². The summed E-state index contributed by atoms with van der Waals surface area (Å²) < 4.78 is 55.3. The normalized spacial score (nSPS) is 18.9. The van der Waals surface area contributed by atoms with Gasteiger partial charge in [-0.3, -0.25) is 19.2 Å².